The molecule has 1 rings (SSSR count). The van der Waals surface area contributed by atoms with Crippen molar-refractivity contribution in [2.24, 2.45) is 0 Å². The van der Waals surface area contributed by atoms with Crippen molar-refractivity contribution in [1.82, 2.24) is 10.3 Å². The van der Waals surface area contributed by atoms with Crippen LogP contribution in [-0.4, -0.2) is 28.5 Å². The number of unbranched alkanes of at least 4 members (excludes halogenated alkanes) is 5. The van der Waals surface area contributed by atoms with E-state index >= 15 is 0 Å². The normalized spacial score (nSPS) is 10.2. The van der Waals surface area contributed by atoms with Crippen molar-refractivity contribution in [3.63, 3.8) is 0 Å². The van der Waals surface area contributed by atoms with Gasteiger partial charge in [0.15, 0.2) is 0 Å². The van der Waals surface area contributed by atoms with Gasteiger partial charge in [0.2, 0.25) is 0 Å². The maximum absolute atomic E-state index is 11.7. The van der Waals surface area contributed by atoms with Gasteiger partial charge in [-0.05, 0) is 25.0 Å². The average Bonchev–Trinajstić information content (AvgIpc) is 2.46. The number of hydrogen-bond donors (Lipinski definition) is 2. The van der Waals surface area contributed by atoms with E-state index in [0.717, 1.165) is 38.5 Å². The van der Waals surface area contributed by atoms with Crippen LogP contribution in [-0.2, 0) is 4.79 Å². The van der Waals surface area contributed by atoms with E-state index in [1.165, 1.54) is 0 Å². The second-order valence-corrected chi connectivity index (χ2v) is 4.76. The Balaban J connectivity index is 1.95. The third kappa shape index (κ3) is 7.51. The van der Waals surface area contributed by atoms with Crippen LogP contribution in [0.15, 0.2) is 24.5 Å². The van der Waals surface area contributed by atoms with Crippen LogP contribution in [0.2, 0.25) is 0 Å². The highest BCUT2D eigenvalue weighted by atomic mass is 16.4. The van der Waals surface area contributed by atoms with Crippen molar-refractivity contribution in [1.29, 1.82) is 0 Å². The lowest BCUT2D eigenvalue weighted by Crippen LogP contribution is -2.24. The zero-order valence-electron chi connectivity index (χ0n) is 11.7. The van der Waals surface area contributed by atoms with Gasteiger partial charge in [-0.3, -0.25) is 14.6 Å². The summed E-state index contributed by atoms with van der Waals surface area (Å²) in [5.74, 6) is -0.780. The van der Waals surface area contributed by atoms with E-state index < -0.39 is 5.97 Å². The molecule has 0 aromatic carbocycles. The van der Waals surface area contributed by atoms with Crippen LogP contribution in [0.1, 0.15) is 55.3 Å². The maximum Gasteiger partial charge on any atom is 0.303 e. The highest BCUT2D eigenvalue weighted by molar-refractivity contribution is 5.93. The van der Waals surface area contributed by atoms with E-state index in [1.807, 2.05) is 0 Å². The van der Waals surface area contributed by atoms with E-state index in [-0.39, 0.29) is 12.3 Å². The molecule has 1 aromatic heterocycles. The van der Waals surface area contributed by atoms with E-state index in [4.69, 9.17) is 5.11 Å². The number of hydrogen-bond acceptors (Lipinski definition) is 3. The Bertz CT molecular complexity index is 407. The molecule has 0 aliphatic rings. The highest BCUT2D eigenvalue weighted by Gasteiger charge is 2.02. The van der Waals surface area contributed by atoms with Gasteiger partial charge in [-0.15, -0.1) is 0 Å². The second-order valence-electron chi connectivity index (χ2n) is 4.76. The molecular weight excluding hydrogens is 256 g/mol. The standard InChI is InChI=1S/C15H22N2O3/c18-14(19)7-5-3-1-2-4-6-10-17-15(20)13-8-11-16-12-9-13/h8-9,11-12H,1-7,10H2,(H,17,20)(H,18,19). The Morgan fingerprint density at radius 1 is 1.00 bits per heavy atom. The second kappa shape index (κ2) is 9.95. The first-order valence-corrected chi connectivity index (χ1v) is 7.10. The van der Waals surface area contributed by atoms with Gasteiger partial charge in [0.25, 0.3) is 5.91 Å². The molecule has 20 heavy (non-hydrogen) atoms. The van der Waals surface area contributed by atoms with Crippen molar-refractivity contribution in [3.8, 4) is 0 Å². The first kappa shape index (κ1) is 16.1. The molecule has 0 aliphatic carbocycles. The third-order valence-corrected chi connectivity index (χ3v) is 3.05. The lowest BCUT2D eigenvalue weighted by atomic mass is 10.1. The van der Waals surface area contributed by atoms with Gasteiger partial charge in [0.1, 0.15) is 0 Å². The number of carbonyl (C=O) groups excluding carboxylic acids is 1. The molecule has 1 aromatic rings. The summed E-state index contributed by atoms with van der Waals surface area (Å²) in [6, 6.07) is 3.38. The molecule has 2 N–H and O–H groups in total. The molecule has 0 radical (unpaired) electrons. The molecule has 5 nitrogen and oxygen atoms in total. The van der Waals surface area contributed by atoms with Gasteiger partial charge in [0, 0.05) is 30.9 Å². The quantitative estimate of drug-likeness (QED) is 0.645. The average molecular weight is 278 g/mol. The monoisotopic (exact) mass is 278 g/mol. The summed E-state index contributed by atoms with van der Waals surface area (Å²) in [6.45, 7) is 0.677. The highest BCUT2D eigenvalue weighted by Crippen LogP contribution is 2.07. The zero-order chi connectivity index (χ0) is 14.6. The summed E-state index contributed by atoms with van der Waals surface area (Å²) in [6.07, 6.45) is 9.36. The summed E-state index contributed by atoms with van der Waals surface area (Å²) >= 11 is 0. The number of rotatable bonds is 10. The van der Waals surface area contributed by atoms with Crippen molar-refractivity contribution in [3.05, 3.63) is 30.1 Å². The fourth-order valence-corrected chi connectivity index (χ4v) is 1.92. The third-order valence-electron chi connectivity index (χ3n) is 3.05. The summed E-state index contributed by atoms with van der Waals surface area (Å²) in [7, 11) is 0. The van der Waals surface area contributed by atoms with Crippen LogP contribution < -0.4 is 5.32 Å². The Labute approximate surface area is 119 Å². The number of aliphatic carboxylic acids is 1. The molecule has 0 spiro atoms. The van der Waals surface area contributed by atoms with Crippen LogP contribution >= 0.6 is 0 Å². The van der Waals surface area contributed by atoms with Gasteiger partial charge in [0.05, 0.1) is 0 Å². The minimum Gasteiger partial charge on any atom is -0.481 e. The van der Waals surface area contributed by atoms with Gasteiger partial charge in [-0.2, -0.15) is 0 Å². The fourth-order valence-electron chi connectivity index (χ4n) is 1.92. The number of carboxylic acids is 1. The Hall–Kier alpha value is -1.91. The van der Waals surface area contributed by atoms with Gasteiger partial charge >= 0.3 is 5.97 Å². The number of aromatic nitrogens is 1. The van der Waals surface area contributed by atoms with E-state index in [2.05, 4.69) is 10.3 Å². The van der Waals surface area contributed by atoms with Crippen LogP contribution in [0.4, 0.5) is 0 Å². The van der Waals surface area contributed by atoms with Crippen molar-refractivity contribution >= 4 is 11.9 Å². The SMILES string of the molecule is O=C(O)CCCCCCCCNC(=O)c1ccncc1. The van der Waals surface area contributed by atoms with Crippen LogP contribution in [0.3, 0.4) is 0 Å². The summed E-state index contributed by atoms with van der Waals surface area (Å²) < 4.78 is 0. The largest absolute Gasteiger partial charge is 0.481 e. The van der Waals surface area contributed by atoms with Gasteiger partial charge < -0.3 is 10.4 Å². The van der Waals surface area contributed by atoms with E-state index in [1.54, 1.807) is 24.5 Å². The lowest BCUT2D eigenvalue weighted by molar-refractivity contribution is -0.137. The number of carboxylic acid groups (broad SMARTS) is 1. The smallest absolute Gasteiger partial charge is 0.303 e. The minimum absolute atomic E-state index is 0.0612. The molecule has 110 valence electrons. The zero-order valence-corrected chi connectivity index (χ0v) is 11.7. The molecule has 0 fully saturated rings. The summed E-state index contributed by atoms with van der Waals surface area (Å²) in [5, 5.41) is 11.4. The number of nitrogens with one attached hydrogen (secondary N) is 1. The topological polar surface area (TPSA) is 79.3 Å². The van der Waals surface area contributed by atoms with Crippen molar-refractivity contribution in [2.45, 2.75) is 44.9 Å². The molecule has 0 saturated heterocycles. The predicted molar refractivity (Wildman–Crippen MR) is 76.5 cm³/mol. The molecule has 1 amide bonds. The Morgan fingerprint density at radius 3 is 2.25 bits per heavy atom. The van der Waals surface area contributed by atoms with Crippen molar-refractivity contribution in [2.75, 3.05) is 6.54 Å². The maximum atomic E-state index is 11.7. The molecule has 1 heterocycles. The van der Waals surface area contributed by atoms with Gasteiger partial charge in [-0.25, -0.2) is 0 Å². The molecule has 0 saturated carbocycles. The molecule has 5 heteroatoms. The van der Waals surface area contributed by atoms with Crippen LogP contribution in [0, 0.1) is 0 Å². The van der Waals surface area contributed by atoms with Gasteiger partial charge in [-0.1, -0.05) is 25.7 Å². The minimum atomic E-state index is -0.719. The van der Waals surface area contributed by atoms with Crippen molar-refractivity contribution < 1.29 is 14.7 Å². The van der Waals surface area contributed by atoms with Crippen LogP contribution in [0.5, 0.6) is 0 Å². The molecule has 0 atom stereocenters. The molecule has 0 unspecified atom stereocenters. The summed E-state index contributed by atoms with van der Waals surface area (Å²) in [4.78, 5) is 25.9. The number of nitrogens with zero attached hydrogens (tertiary/aromatic N) is 1. The lowest BCUT2D eigenvalue weighted by Gasteiger charge is -2.05. The Kier molecular flexibility index (Phi) is 8.03. The summed E-state index contributed by atoms with van der Waals surface area (Å²) in [5.41, 5.74) is 0.633. The molecule has 0 aliphatic heterocycles. The fraction of sp³-hybridized carbons (Fsp3) is 0.533. The Morgan fingerprint density at radius 2 is 1.60 bits per heavy atom. The molecule has 0 bridgehead atoms. The van der Waals surface area contributed by atoms with E-state index in [9.17, 15) is 9.59 Å². The predicted octanol–water partition coefficient (Wildman–Crippen LogP) is 2.63. The number of pyridine rings is 1. The van der Waals surface area contributed by atoms with Crippen LogP contribution in [0.25, 0.3) is 0 Å². The number of carbonyl (C=O) groups is 2. The molecular formula is C15H22N2O3. The number of amides is 1. The first-order chi connectivity index (χ1) is 9.70. The van der Waals surface area contributed by atoms with E-state index in [0.29, 0.717) is 12.1 Å². The first-order valence-electron chi connectivity index (χ1n) is 7.10.